The minimum Gasteiger partial charge on any atom is -0.457 e. The van der Waals surface area contributed by atoms with E-state index >= 15 is 0 Å². The van der Waals surface area contributed by atoms with Crippen LogP contribution in [-0.2, 0) is 5.88 Å². The van der Waals surface area contributed by atoms with E-state index in [2.05, 4.69) is 0 Å². The van der Waals surface area contributed by atoms with Gasteiger partial charge in [0.2, 0.25) is 0 Å². The number of halogens is 1. The summed E-state index contributed by atoms with van der Waals surface area (Å²) in [4.78, 5) is 10.0. The van der Waals surface area contributed by atoms with Gasteiger partial charge in [0, 0.05) is 18.0 Å². The molecule has 4 nitrogen and oxygen atoms in total. The van der Waals surface area contributed by atoms with Crippen LogP contribution in [0.3, 0.4) is 0 Å². The van der Waals surface area contributed by atoms with Crippen molar-refractivity contribution in [3.63, 3.8) is 0 Å². The van der Waals surface area contributed by atoms with E-state index in [0.717, 1.165) is 11.3 Å². The monoisotopic (exact) mass is 355 g/mol. The van der Waals surface area contributed by atoms with Crippen molar-refractivity contribution in [1.82, 2.24) is 0 Å². The molecule has 0 bridgehead atoms. The van der Waals surface area contributed by atoms with Crippen LogP contribution in [-0.4, -0.2) is 4.92 Å². The summed E-state index contributed by atoms with van der Waals surface area (Å²) in [6, 6.07) is 23.6. The Morgan fingerprint density at radius 1 is 0.920 bits per heavy atom. The summed E-state index contributed by atoms with van der Waals surface area (Å²) >= 11 is 5.53. The maximum absolute atomic E-state index is 10.5. The van der Waals surface area contributed by atoms with Gasteiger partial charge in [0.05, 0.1) is 4.92 Å². The topological polar surface area (TPSA) is 52.4 Å². The Morgan fingerprint density at radius 2 is 1.60 bits per heavy atom. The predicted octanol–water partition coefficient (Wildman–Crippen LogP) is 6.12. The highest BCUT2D eigenvalue weighted by Gasteiger charge is 2.04. The molecular weight excluding hydrogens is 338 g/mol. The van der Waals surface area contributed by atoms with Gasteiger partial charge in [-0.25, -0.2) is 0 Å². The summed E-state index contributed by atoms with van der Waals surface area (Å²) in [7, 11) is 0. The quantitative estimate of drug-likeness (QED) is 0.322. The van der Waals surface area contributed by atoms with E-state index in [9.17, 15) is 10.1 Å². The second-order valence-corrected chi connectivity index (χ2v) is 5.56. The lowest BCUT2D eigenvalue weighted by Gasteiger charge is -2.05. The highest BCUT2D eigenvalue weighted by atomic mass is 35.5. The third kappa shape index (κ3) is 6.28. The number of nitrogens with zero attached hydrogens (tertiary/aromatic N) is 1. The number of hydrogen-bond acceptors (Lipinski definition) is 3. The van der Waals surface area contributed by atoms with Gasteiger partial charge in [-0.05, 0) is 42.3 Å². The van der Waals surface area contributed by atoms with Gasteiger partial charge >= 0.3 is 0 Å². The van der Waals surface area contributed by atoms with Crippen molar-refractivity contribution in [3.05, 3.63) is 100 Å². The molecule has 3 rings (SSSR count). The van der Waals surface area contributed by atoms with Crippen LogP contribution in [0, 0.1) is 17.0 Å². The molecule has 0 unspecified atom stereocenters. The number of rotatable bonds is 4. The molecule has 0 aliphatic rings. The summed E-state index contributed by atoms with van der Waals surface area (Å²) in [5, 5.41) is 10.5. The Balaban J connectivity index is 0.000000236. The molecular formula is C20H18ClNO3. The molecule has 0 amide bonds. The first-order chi connectivity index (χ1) is 12.1. The molecule has 0 saturated carbocycles. The molecule has 0 aromatic heterocycles. The normalized spacial score (nSPS) is 9.68. The van der Waals surface area contributed by atoms with E-state index in [-0.39, 0.29) is 5.69 Å². The van der Waals surface area contributed by atoms with Crippen LogP contribution in [0.1, 0.15) is 11.1 Å². The van der Waals surface area contributed by atoms with E-state index in [4.69, 9.17) is 16.3 Å². The Labute approximate surface area is 151 Å². The zero-order valence-electron chi connectivity index (χ0n) is 13.8. The molecule has 25 heavy (non-hydrogen) atoms. The fourth-order valence-corrected chi connectivity index (χ4v) is 2.20. The van der Waals surface area contributed by atoms with Crippen molar-refractivity contribution >= 4 is 17.3 Å². The molecule has 0 atom stereocenters. The summed E-state index contributed by atoms with van der Waals surface area (Å²) < 4.78 is 5.57. The number of hydrogen-bond donors (Lipinski definition) is 0. The lowest BCUT2D eigenvalue weighted by Crippen LogP contribution is -1.88. The van der Waals surface area contributed by atoms with Crippen LogP contribution in [0.15, 0.2) is 78.9 Å². The predicted molar refractivity (Wildman–Crippen MR) is 100 cm³/mol. The van der Waals surface area contributed by atoms with Gasteiger partial charge in [-0.15, -0.1) is 11.6 Å². The SMILES string of the molecule is Cc1cccc(Oc2ccc([N+](=O)[O-])cc2)c1.ClCc1ccccc1. The van der Waals surface area contributed by atoms with Crippen molar-refractivity contribution in [2.45, 2.75) is 12.8 Å². The fraction of sp³-hybridized carbons (Fsp3) is 0.100. The third-order valence-corrected chi connectivity index (χ3v) is 3.58. The summed E-state index contributed by atoms with van der Waals surface area (Å²) in [6.07, 6.45) is 0. The van der Waals surface area contributed by atoms with Crippen molar-refractivity contribution in [2.75, 3.05) is 0 Å². The van der Waals surface area contributed by atoms with Crippen molar-refractivity contribution in [1.29, 1.82) is 0 Å². The van der Waals surface area contributed by atoms with Crippen molar-refractivity contribution in [2.24, 2.45) is 0 Å². The lowest BCUT2D eigenvalue weighted by molar-refractivity contribution is -0.384. The van der Waals surface area contributed by atoms with Gasteiger partial charge in [0.15, 0.2) is 0 Å². The zero-order valence-corrected chi connectivity index (χ0v) is 14.5. The van der Waals surface area contributed by atoms with E-state index in [0.29, 0.717) is 11.6 Å². The average molecular weight is 356 g/mol. The number of aryl methyl sites for hydroxylation is 1. The standard InChI is InChI=1S/C13H11NO3.C7H7Cl/c1-10-3-2-4-13(9-10)17-12-7-5-11(6-8-12)14(15)16;8-6-7-4-2-1-3-5-7/h2-9H,1H3;1-5H,6H2. The number of non-ortho nitro benzene ring substituents is 1. The van der Waals surface area contributed by atoms with Crippen LogP contribution in [0.4, 0.5) is 5.69 Å². The Kier molecular flexibility index (Phi) is 6.99. The molecule has 3 aromatic carbocycles. The number of nitro groups is 1. The van der Waals surface area contributed by atoms with Gasteiger partial charge in [0.1, 0.15) is 11.5 Å². The largest absolute Gasteiger partial charge is 0.457 e. The van der Waals surface area contributed by atoms with E-state index in [1.54, 1.807) is 12.1 Å². The maximum atomic E-state index is 10.5. The van der Waals surface area contributed by atoms with E-state index < -0.39 is 4.92 Å². The molecule has 0 aliphatic carbocycles. The average Bonchev–Trinajstić information content (AvgIpc) is 2.63. The molecule has 0 fully saturated rings. The minimum atomic E-state index is -0.434. The van der Waals surface area contributed by atoms with Gasteiger partial charge in [-0.3, -0.25) is 10.1 Å². The highest BCUT2D eigenvalue weighted by molar-refractivity contribution is 6.17. The summed E-state index contributed by atoms with van der Waals surface area (Å²) in [5.74, 6) is 1.92. The van der Waals surface area contributed by atoms with Crippen LogP contribution in [0.2, 0.25) is 0 Å². The van der Waals surface area contributed by atoms with Gasteiger partial charge in [-0.1, -0.05) is 42.5 Å². The van der Waals surface area contributed by atoms with E-state index in [1.807, 2.05) is 61.5 Å². The smallest absolute Gasteiger partial charge is 0.269 e. The van der Waals surface area contributed by atoms with Crippen LogP contribution in [0.5, 0.6) is 11.5 Å². The van der Waals surface area contributed by atoms with Gasteiger partial charge < -0.3 is 4.74 Å². The number of nitro benzene ring substituents is 1. The van der Waals surface area contributed by atoms with Crippen LogP contribution in [0.25, 0.3) is 0 Å². The van der Waals surface area contributed by atoms with Crippen molar-refractivity contribution < 1.29 is 9.66 Å². The Morgan fingerprint density at radius 3 is 2.12 bits per heavy atom. The summed E-state index contributed by atoms with van der Waals surface area (Å²) in [5.41, 5.74) is 2.33. The highest BCUT2D eigenvalue weighted by Crippen LogP contribution is 2.24. The number of ether oxygens (including phenoxy) is 1. The van der Waals surface area contributed by atoms with Crippen molar-refractivity contribution in [3.8, 4) is 11.5 Å². The molecule has 0 heterocycles. The van der Waals surface area contributed by atoms with E-state index in [1.165, 1.54) is 17.7 Å². The molecule has 0 N–H and O–H groups in total. The first-order valence-corrected chi connectivity index (χ1v) is 8.21. The molecule has 0 radical (unpaired) electrons. The molecule has 128 valence electrons. The van der Waals surface area contributed by atoms with Crippen LogP contribution >= 0.6 is 11.6 Å². The molecule has 0 aliphatic heterocycles. The lowest BCUT2D eigenvalue weighted by atomic mass is 10.2. The second kappa shape index (κ2) is 9.45. The molecule has 3 aromatic rings. The first-order valence-electron chi connectivity index (χ1n) is 7.67. The third-order valence-electron chi connectivity index (χ3n) is 3.27. The second-order valence-electron chi connectivity index (χ2n) is 5.29. The first kappa shape index (κ1) is 18.5. The molecule has 0 spiro atoms. The molecule has 5 heteroatoms. The fourth-order valence-electron chi connectivity index (χ4n) is 2.02. The minimum absolute atomic E-state index is 0.0570. The Hall–Kier alpha value is -2.85. The van der Waals surface area contributed by atoms with Crippen LogP contribution < -0.4 is 4.74 Å². The zero-order chi connectivity index (χ0) is 18.1. The Bertz CT molecular complexity index is 805. The summed E-state index contributed by atoms with van der Waals surface area (Å²) in [6.45, 7) is 1.97. The van der Waals surface area contributed by atoms with Gasteiger partial charge in [0.25, 0.3) is 5.69 Å². The molecule has 0 saturated heterocycles. The number of benzene rings is 3. The number of alkyl halides is 1. The maximum Gasteiger partial charge on any atom is 0.269 e. The van der Waals surface area contributed by atoms with Gasteiger partial charge in [-0.2, -0.15) is 0 Å².